The lowest BCUT2D eigenvalue weighted by Crippen LogP contribution is -2.41. The molecule has 0 unspecified atom stereocenters. The van der Waals surface area contributed by atoms with Crippen LogP contribution in [0.25, 0.3) is 0 Å². The van der Waals surface area contributed by atoms with Gasteiger partial charge in [-0.1, -0.05) is 35.9 Å². The van der Waals surface area contributed by atoms with Crippen molar-refractivity contribution in [3.8, 4) is 5.75 Å². The van der Waals surface area contributed by atoms with Crippen LogP contribution in [0.5, 0.6) is 5.75 Å². The maximum Gasteiger partial charge on any atom is 0.227 e. The van der Waals surface area contributed by atoms with E-state index in [9.17, 15) is 13.2 Å². The Hall–Kier alpha value is -2.09. The van der Waals surface area contributed by atoms with E-state index in [1.807, 2.05) is 25.1 Å². The predicted molar refractivity (Wildman–Crippen MR) is 115 cm³/mol. The van der Waals surface area contributed by atoms with E-state index in [0.717, 1.165) is 0 Å². The van der Waals surface area contributed by atoms with Crippen LogP contribution in [-0.2, 0) is 20.6 Å². The summed E-state index contributed by atoms with van der Waals surface area (Å²) in [6.07, 6.45) is 0.967. The van der Waals surface area contributed by atoms with Crippen molar-refractivity contribution in [3.05, 3.63) is 59.1 Å². The molecule has 2 aromatic carbocycles. The summed E-state index contributed by atoms with van der Waals surface area (Å²) < 4.78 is 32.4. The van der Waals surface area contributed by atoms with E-state index in [-0.39, 0.29) is 17.6 Å². The van der Waals surface area contributed by atoms with Crippen molar-refractivity contribution in [2.75, 3.05) is 25.0 Å². The number of halogens is 1. The Kier molecular flexibility index (Phi) is 7.16. The van der Waals surface area contributed by atoms with Gasteiger partial charge in [0.15, 0.2) is 0 Å². The van der Waals surface area contributed by atoms with E-state index >= 15 is 0 Å². The normalized spacial score (nSPS) is 15.8. The standard InChI is InChI=1S/C21H25ClN2O4S/c1-2-28-20-9-4-3-8-19(20)23-21(25)17-10-12-24(13-11-17)29(26,27)15-16-6-5-7-18(22)14-16/h3-9,14,17H,2,10-13,15H2,1H3,(H,23,25). The third-order valence-electron chi connectivity index (χ3n) is 4.90. The number of nitrogens with zero attached hydrogens (tertiary/aromatic N) is 1. The maximum absolute atomic E-state index is 12.7. The van der Waals surface area contributed by atoms with Crippen LogP contribution < -0.4 is 10.1 Å². The van der Waals surface area contributed by atoms with Crippen LogP contribution in [0.4, 0.5) is 5.69 Å². The molecule has 1 aliphatic heterocycles. The number of hydrogen-bond donors (Lipinski definition) is 1. The van der Waals surface area contributed by atoms with Crippen LogP contribution in [0, 0.1) is 5.92 Å². The summed E-state index contributed by atoms with van der Waals surface area (Å²) in [6, 6.07) is 14.2. The Balaban J connectivity index is 1.58. The van der Waals surface area contributed by atoms with Crippen LogP contribution in [0.15, 0.2) is 48.5 Å². The third kappa shape index (κ3) is 5.72. The van der Waals surface area contributed by atoms with Crippen LogP contribution in [-0.4, -0.2) is 38.3 Å². The molecule has 0 atom stereocenters. The van der Waals surface area contributed by atoms with E-state index in [0.29, 0.717) is 54.6 Å². The highest BCUT2D eigenvalue weighted by Crippen LogP contribution is 2.27. The molecule has 2 aromatic rings. The lowest BCUT2D eigenvalue weighted by molar-refractivity contribution is -0.120. The van der Waals surface area contributed by atoms with Gasteiger partial charge in [-0.15, -0.1) is 0 Å². The molecule has 0 saturated carbocycles. The molecular weight excluding hydrogens is 412 g/mol. The molecule has 3 rings (SSSR count). The summed E-state index contributed by atoms with van der Waals surface area (Å²) in [4.78, 5) is 12.7. The summed E-state index contributed by atoms with van der Waals surface area (Å²) in [5.74, 6) is 0.197. The number of benzene rings is 2. The molecule has 29 heavy (non-hydrogen) atoms. The second-order valence-corrected chi connectivity index (χ2v) is 9.38. The zero-order chi connectivity index (χ0) is 20.9. The van der Waals surface area contributed by atoms with E-state index in [2.05, 4.69) is 5.32 Å². The molecular formula is C21H25ClN2O4S. The van der Waals surface area contributed by atoms with E-state index < -0.39 is 10.0 Å². The van der Waals surface area contributed by atoms with Crippen molar-refractivity contribution in [3.63, 3.8) is 0 Å². The molecule has 0 aliphatic carbocycles. The van der Waals surface area contributed by atoms with E-state index in [4.69, 9.17) is 16.3 Å². The number of anilines is 1. The van der Waals surface area contributed by atoms with Gasteiger partial charge < -0.3 is 10.1 Å². The smallest absolute Gasteiger partial charge is 0.227 e. The minimum absolute atomic E-state index is 0.0911. The van der Waals surface area contributed by atoms with Crippen molar-refractivity contribution < 1.29 is 17.9 Å². The van der Waals surface area contributed by atoms with Gasteiger partial charge in [-0.3, -0.25) is 4.79 Å². The van der Waals surface area contributed by atoms with Crippen LogP contribution in [0.3, 0.4) is 0 Å². The average molecular weight is 437 g/mol. The number of para-hydroxylation sites is 2. The molecule has 1 N–H and O–H groups in total. The monoisotopic (exact) mass is 436 g/mol. The van der Waals surface area contributed by atoms with Crippen molar-refractivity contribution >= 4 is 33.2 Å². The zero-order valence-electron chi connectivity index (χ0n) is 16.3. The van der Waals surface area contributed by atoms with Crippen molar-refractivity contribution in [1.82, 2.24) is 4.31 Å². The average Bonchev–Trinajstić information content (AvgIpc) is 2.69. The number of amides is 1. The molecule has 1 heterocycles. The Morgan fingerprint density at radius 3 is 2.59 bits per heavy atom. The molecule has 8 heteroatoms. The molecule has 0 aromatic heterocycles. The highest BCUT2D eigenvalue weighted by atomic mass is 35.5. The number of ether oxygens (including phenoxy) is 1. The van der Waals surface area contributed by atoms with Crippen molar-refractivity contribution in [2.45, 2.75) is 25.5 Å². The minimum Gasteiger partial charge on any atom is -0.492 e. The number of hydrogen-bond acceptors (Lipinski definition) is 4. The number of nitrogens with one attached hydrogen (secondary N) is 1. The van der Waals surface area contributed by atoms with Gasteiger partial charge >= 0.3 is 0 Å². The highest BCUT2D eigenvalue weighted by molar-refractivity contribution is 7.88. The highest BCUT2D eigenvalue weighted by Gasteiger charge is 2.31. The number of carbonyl (C=O) groups excluding carboxylic acids is 1. The molecule has 0 bridgehead atoms. The van der Waals surface area contributed by atoms with Crippen LogP contribution >= 0.6 is 11.6 Å². The first-order valence-corrected chi connectivity index (χ1v) is 11.6. The maximum atomic E-state index is 12.7. The third-order valence-corrected chi connectivity index (χ3v) is 6.99. The molecule has 1 saturated heterocycles. The van der Waals surface area contributed by atoms with Crippen LogP contribution in [0.1, 0.15) is 25.3 Å². The Morgan fingerprint density at radius 1 is 1.17 bits per heavy atom. The van der Waals surface area contributed by atoms with Gasteiger partial charge in [0.05, 0.1) is 18.0 Å². The second kappa shape index (κ2) is 9.61. The lowest BCUT2D eigenvalue weighted by atomic mass is 9.97. The molecule has 1 amide bonds. The molecule has 156 valence electrons. The summed E-state index contributed by atoms with van der Waals surface area (Å²) in [6.45, 7) is 3.05. The fourth-order valence-electron chi connectivity index (χ4n) is 3.41. The Bertz CT molecular complexity index is 957. The van der Waals surface area contributed by atoms with Gasteiger partial charge in [0.2, 0.25) is 15.9 Å². The molecule has 0 spiro atoms. The number of rotatable bonds is 7. The van der Waals surface area contributed by atoms with Crippen molar-refractivity contribution in [1.29, 1.82) is 0 Å². The zero-order valence-corrected chi connectivity index (χ0v) is 17.9. The molecule has 6 nitrogen and oxygen atoms in total. The number of carbonyl (C=O) groups is 1. The SMILES string of the molecule is CCOc1ccccc1NC(=O)C1CCN(S(=O)(=O)Cc2cccc(Cl)c2)CC1. The van der Waals surface area contributed by atoms with Gasteiger partial charge in [0.25, 0.3) is 0 Å². The Labute approximate surface area is 176 Å². The largest absolute Gasteiger partial charge is 0.492 e. The minimum atomic E-state index is -3.45. The predicted octanol–water partition coefficient (Wildman–Crippen LogP) is 3.92. The van der Waals surface area contributed by atoms with Gasteiger partial charge in [0.1, 0.15) is 5.75 Å². The van der Waals surface area contributed by atoms with Gasteiger partial charge in [0, 0.05) is 24.0 Å². The fourth-order valence-corrected chi connectivity index (χ4v) is 5.17. The van der Waals surface area contributed by atoms with Gasteiger partial charge in [-0.2, -0.15) is 0 Å². The first-order valence-electron chi connectivity index (χ1n) is 9.64. The van der Waals surface area contributed by atoms with E-state index in [1.165, 1.54) is 4.31 Å². The summed E-state index contributed by atoms with van der Waals surface area (Å²) in [7, 11) is -3.45. The van der Waals surface area contributed by atoms with E-state index in [1.54, 1.807) is 30.3 Å². The first kappa shape index (κ1) is 21.6. The molecule has 0 radical (unpaired) electrons. The topological polar surface area (TPSA) is 75.7 Å². The lowest BCUT2D eigenvalue weighted by Gasteiger charge is -2.30. The Morgan fingerprint density at radius 2 is 1.90 bits per heavy atom. The number of piperidine rings is 1. The van der Waals surface area contributed by atoms with Crippen molar-refractivity contribution in [2.24, 2.45) is 5.92 Å². The molecule has 1 fully saturated rings. The molecule has 1 aliphatic rings. The first-order chi connectivity index (χ1) is 13.9. The summed E-state index contributed by atoms with van der Waals surface area (Å²) >= 11 is 5.95. The van der Waals surface area contributed by atoms with Gasteiger partial charge in [-0.05, 0) is 49.6 Å². The van der Waals surface area contributed by atoms with Gasteiger partial charge in [-0.25, -0.2) is 12.7 Å². The number of sulfonamides is 1. The second-order valence-electron chi connectivity index (χ2n) is 6.98. The summed E-state index contributed by atoms with van der Waals surface area (Å²) in [5.41, 5.74) is 1.29. The van der Waals surface area contributed by atoms with Crippen LogP contribution in [0.2, 0.25) is 5.02 Å². The fraction of sp³-hybridized carbons (Fsp3) is 0.381. The summed E-state index contributed by atoms with van der Waals surface area (Å²) in [5, 5.41) is 3.43. The quantitative estimate of drug-likeness (QED) is 0.713.